The van der Waals surface area contributed by atoms with Crippen molar-refractivity contribution in [3.63, 3.8) is 0 Å². The molecule has 1 N–H and O–H groups in total. The second-order valence-electron chi connectivity index (χ2n) is 9.20. The molecule has 0 fully saturated rings. The smallest absolute Gasteiger partial charge is 0.226 e. The zero-order valence-electron chi connectivity index (χ0n) is 18.7. The fourth-order valence-electron chi connectivity index (χ4n) is 4.59. The molecule has 0 bridgehead atoms. The molecule has 1 atom stereocenters. The van der Waals surface area contributed by atoms with E-state index in [-0.39, 0.29) is 17.2 Å². The van der Waals surface area contributed by atoms with Crippen molar-refractivity contribution in [2.45, 2.75) is 39.7 Å². The number of hydrogen-bond donors (Lipinski definition) is 1. The maximum Gasteiger partial charge on any atom is 0.226 e. The summed E-state index contributed by atoms with van der Waals surface area (Å²) in [6.45, 7) is 6.77. The number of fused-ring (bicyclic) bond motifs is 1. The quantitative estimate of drug-likeness (QED) is 0.471. The number of nitrogens with zero attached hydrogens (tertiary/aromatic N) is 3. The summed E-state index contributed by atoms with van der Waals surface area (Å²) in [5.74, 6) is 2.03. The Bertz CT molecular complexity index is 1280. The van der Waals surface area contributed by atoms with Crippen LogP contribution in [0.3, 0.4) is 0 Å². The van der Waals surface area contributed by atoms with E-state index in [1.54, 1.807) is 16.8 Å². The van der Waals surface area contributed by atoms with Gasteiger partial charge >= 0.3 is 0 Å². The number of ketones is 1. The van der Waals surface area contributed by atoms with Crippen molar-refractivity contribution < 1.29 is 9.53 Å². The third-order valence-electron chi connectivity index (χ3n) is 6.02. The zero-order valence-corrected chi connectivity index (χ0v) is 20.2. The number of halogens is 2. The summed E-state index contributed by atoms with van der Waals surface area (Å²) >= 11 is 12.3. The number of nitrogens with one attached hydrogen (secondary N) is 1. The standard InChI is InChI=1S/C25H24Cl2N4O2/c1-4-33-16-8-5-14(6-9-16)22-21-19(12-25(2,3)13-20(21)32)28-24-29-23(30-31(22)24)15-7-10-17(26)18(27)11-15/h5-11,22H,4,12-13H2,1-3H3,(H,28,29,30). The van der Waals surface area contributed by atoms with Crippen LogP contribution in [0.2, 0.25) is 10.0 Å². The number of aromatic nitrogens is 3. The van der Waals surface area contributed by atoms with Gasteiger partial charge in [0.2, 0.25) is 5.95 Å². The first kappa shape index (κ1) is 22.0. The van der Waals surface area contributed by atoms with Crippen molar-refractivity contribution in [1.82, 2.24) is 14.8 Å². The number of allylic oxidation sites excluding steroid dienone is 2. The highest BCUT2D eigenvalue weighted by Gasteiger charge is 2.41. The average molecular weight is 483 g/mol. The van der Waals surface area contributed by atoms with Crippen LogP contribution in [0.15, 0.2) is 53.7 Å². The van der Waals surface area contributed by atoms with Gasteiger partial charge in [-0.3, -0.25) is 4.79 Å². The summed E-state index contributed by atoms with van der Waals surface area (Å²) in [5, 5.41) is 9.10. The second kappa shape index (κ2) is 8.19. The molecular formula is C25H24Cl2N4O2. The van der Waals surface area contributed by atoms with E-state index in [1.165, 1.54) is 0 Å². The summed E-state index contributed by atoms with van der Waals surface area (Å²) in [6, 6.07) is 12.8. The Morgan fingerprint density at radius 2 is 1.88 bits per heavy atom. The average Bonchev–Trinajstić information content (AvgIpc) is 3.18. The SMILES string of the molecule is CCOc1ccc(C2C3=C(CC(C)(C)CC3=O)Nc3nc(-c4ccc(Cl)c(Cl)c4)nn32)cc1. The molecule has 2 aliphatic rings. The molecule has 170 valence electrons. The maximum atomic E-state index is 13.3. The number of Topliss-reactive ketones (excluding diaryl/α,β-unsaturated/α-hetero) is 1. The van der Waals surface area contributed by atoms with Crippen molar-refractivity contribution in [2.24, 2.45) is 5.41 Å². The lowest BCUT2D eigenvalue weighted by Gasteiger charge is -2.38. The van der Waals surface area contributed by atoms with Crippen LogP contribution >= 0.6 is 23.2 Å². The third-order valence-corrected chi connectivity index (χ3v) is 6.76. The van der Waals surface area contributed by atoms with Crippen LogP contribution in [0, 0.1) is 5.41 Å². The predicted molar refractivity (Wildman–Crippen MR) is 130 cm³/mol. The van der Waals surface area contributed by atoms with Gasteiger partial charge in [0.1, 0.15) is 11.8 Å². The summed E-state index contributed by atoms with van der Waals surface area (Å²) in [4.78, 5) is 18.1. The molecule has 5 rings (SSSR count). The number of anilines is 1. The first-order valence-corrected chi connectivity index (χ1v) is 11.7. The van der Waals surface area contributed by atoms with Gasteiger partial charge in [-0.15, -0.1) is 5.10 Å². The number of carbonyl (C=O) groups excluding carboxylic acids is 1. The Morgan fingerprint density at radius 3 is 2.58 bits per heavy atom. The Labute approximate surface area is 202 Å². The molecule has 1 aliphatic heterocycles. The van der Waals surface area contributed by atoms with Crippen LogP contribution in [0.4, 0.5) is 5.95 Å². The fourth-order valence-corrected chi connectivity index (χ4v) is 4.89. The summed E-state index contributed by atoms with van der Waals surface area (Å²) in [7, 11) is 0. The summed E-state index contributed by atoms with van der Waals surface area (Å²) in [6.07, 6.45) is 1.25. The van der Waals surface area contributed by atoms with E-state index < -0.39 is 0 Å². The Hall–Kier alpha value is -2.83. The highest BCUT2D eigenvalue weighted by molar-refractivity contribution is 6.42. The van der Waals surface area contributed by atoms with E-state index in [0.29, 0.717) is 34.8 Å². The Morgan fingerprint density at radius 1 is 1.12 bits per heavy atom. The second-order valence-corrected chi connectivity index (χ2v) is 10.0. The van der Waals surface area contributed by atoms with Crippen molar-refractivity contribution in [1.29, 1.82) is 0 Å². The predicted octanol–water partition coefficient (Wildman–Crippen LogP) is 6.31. The zero-order chi connectivity index (χ0) is 23.3. The van der Waals surface area contributed by atoms with Crippen LogP contribution in [-0.2, 0) is 4.79 Å². The molecule has 33 heavy (non-hydrogen) atoms. The monoisotopic (exact) mass is 482 g/mol. The molecule has 0 amide bonds. The highest BCUT2D eigenvalue weighted by Crippen LogP contribution is 2.46. The van der Waals surface area contributed by atoms with Gasteiger partial charge in [0.25, 0.3) is 0 Å². The van der Waals surface area contributed by atoms with Crippen LogP contribution in [0.25, 0.3) is 11.4 Å². The largest absolute Gasteiger partial charge is 0.494 e. The molecule has 0 saturated heterocycles. The molecule has 0 radical (unpaired) electrons. The van der Waals surface area contributed by atoms with Gasteiger partial charge in [0.05, 0.1) is 16.7 Å². The van der Waals surface area contributed by atoms with Gasteiger partial charge in [-0.1, -0.05) is 49.2 Å². The van der Waals surface area contributed by atoms with Crippen molar-refractivity contribution >= 4 is 34.9 Å². The van der Waals surface area contributed by atoms with Gasteiger partial charge < -0.3 is 10.1 Å². The lowest BCUT2D eigenvalue weighted by atomic mass is 9.73. The number of ether oxygens (including phenoxy) is 1. The highest BCUT2D eigenvalue weighted by atomic mass is 35.5. The molecule has 1 aromatic heterocycles. The van der Waals surface area contributed by atoms with Gasteiger partial charge in [0, 0.05) is 23.3 Å². The number of rotatable bonds is 4. The molecule has 1 unspecified atom stereocenters. The Kier molecular flexibility index (Phi) is 5.46. The Balaban J connectivity index is 1.64. The first-order valence-electron chi connectivity index (χ1n) is 10.9. The first-order chi connectivity index (χ1) is 15.8. The van der Waals surface area contributed by atoms with Gasteiger partial charge in [-0.25, -0.2) is 4.68 Å². The third kappa shape index (κ3) is 4.02. The van der Waals surface area contributed by atoms with Crippen molar-refractivity contribution in [2.75, 3.05) is 11.9 Å². The molecule has 3 aromatic rings. The molecule has 2 aromatic carbocycles. The fraction of sp³-hybridized carbons (Fsp3) is 0.320. The molecule has 0 spiro atoms. The minimum atomic E-state index is -0.375. The minimum Gasteiger partial charge on any atom is -0.494 e. The van der Waals surface area contributed by atoms with E-state index in [4.69, 9.17) is 38.0 Å². The van der Waals surface area contributed by atoms with Gasteiger partial charge in [0.15, 0.2) is 11.6 Å². The molecule has 8 heteroatoms. The van der Waals surface area contributed by atoms with E-state index in [1.807, 2.05) is 37.3 Å². The molecule has 2 heterocycles. The van der Waals surface area contributed by atoms with Gasteiger partial charge in [-0.05, 0) is 54.7 Å². The van der Waals surface area contributed by atoms with E-state index in [9.17, 15) is 4.79 Å². The van der Waals surface area contributed by atoms with E-state index in [0.717, 1.165) is 34.6 Å². The molecule has 1 aliphatic carbocycles. The lowest BCUT2D eigenvalue weighted by molar-refractivity contribution is -0.118. The van der Waals surface area contributed by atoms with Crippen LogP contribution in [0.1, 0.15) is 45.2 Å². The topological polar surface area (TPSA) is 69.0 Å². The van der Waals surface area contributed by atoms with Crippen LogP contribution < -0.4 is 10.1 Å². The molecule has 0 saturated carbocycles. The van der Waals surface area contributed by atoms with Crippen molar-refractivity contribution in [3.05, 3.63) is 69.3 Å². The lowest BCUT2D eigenvalue weighted by Crippen LogP contribution is -2.36. The van der Waals surface area contributed by atoms with Crippen molar-refractivity contribution in [3.8, 4) is 17.1 Å². The van der Waals surface area contributed by atoms with Gasteiger partial charge in [-0.2, -0.15) is 4.98 Å². The number of benzene rings is 2. The van der Waals surface area contributed by atoms with E-state index >= 15 is 0 Å². The number of carbonyl (C=O) groups is 1. The van der Waals surface area contributed by atoms with Crippen LogP contribution in [-0.4, -0.2) is 27.2 Å². The normalized spacial score (nSPS) is 19.1. The van der Waals surface area contributed by atoms with Crippen LogP contribution in [0.5, 0.6) is 5.75 Å². The summed E-state index contributed by atoms with van der Waals surface area (Å²) < 4.78 is 7.40. The molecular weight excluding hydrogens is 459 g/mol. The molecule has 6 nitrogen and oxygen atoms in total. The summed E-state index contributed by atoms with van der Waals surface area (Å²) in [5.41, 5.74) is 3.24. The van der Waals surface area contributed by atoms with E-state index in [2.05, 4.69) is 19.2 Å². The number of hydrogen-bond acceptors (Lipinski definition) is 5. The minimum absolute atomic E-state index is 0.124. The maximum absolute atomic E-state index is 13.3.